The Morgan fingerprint density at radius 2 is 1.71 bits per heavy atom. The fourth-order valence-electron chi connectivity index (χ4n) is 1.76. The van der Waals surface area contributed by atoms with Gasteiger partial charge in [-0.3, -0.25) is 0 Å². The maximum absolute atomic E-state index is 6.25. The summed E-state index contributed by atoms with van der Waals surface area (Å²) in [7, 11) is 4.08. The maximum Gasteiger partial charge on any atom is 0.0646 e. The summed E-state index contributed by atoms with van der Waals surface area (Å²) in [6, 6.07) is 12.7. The van der Waals surface area contributed by atoms with E-state index >= 15 is 0 Å². The number of nitrogens with two attached hydrogens (primary N) is 1. The summed E-state index contributed by atoms with van der Waals surface area (Å²) < 4.78 is 0. The van der Waals surface area contributed by atoms with Crippen LogP contribution in [0.4, 0.5) is 5.69 Å². The summed E-state index contributed by atoms with van der Waals surface area (Å²) in [4.78, 5) is 4.62. The van der Waals surface area contributed by atoms with Crippen molar-refractivity contribution >= 4 is 17.0 Å². The quantitative estimate of drug-likeness (QED) is 0.901. The lowest BCUT2D eigenvalue weighted by atomic mass is 10.1. The van der Waals surface area contributed by atoms with Crippen molar-refractivity contribution < 1.29 is 0 Å². The van der Waals surface area contributed by atoms with Gasteiger partial charge in [0.05, 0.1) is 6.04 Å². The molecule has 0 saturated carbocycles. The minimum Gasteiger partial charge on any atom is -0.378 e. The Morgan fingerprint density at radius 1 is 1.06 bits per heavy atom. The highest BCUT2D eigenvalue weighted by molar-refractivity contribution is 7.12. The summed E-state index contributed by atoms with van der Waals surface area (Å²) in [5, 5.41) is 0. The molecule has 0 fully saturated rings. The van der Waals surface area contributed by atoms with E-state index < -0.39 is 0 Å². The van der Waals surface area contributed by atoms with Crippen molar-refractivity contribution in [2.75, 3.05) is 19.0 Å². The molecule has 0 bridgehead atoms. The first kappa shape index (κ1) is 12.1. The van der Waals surface area contributed by atoms with Gasteiger partial charge in [-0.05, 0) is 36.8 Å². The van der Waals surface area contributed by atoms with Crippen molar-refractivity contribution in [1.29, 1.82) is 0 Å². The third kappa shape index (κ3) is 2.68. The Hall–Kier alpha value is -1.32. The standard InChI is InChI=1S/C14H18N2S/c1-10-4-9-13(17-10)14(15)11-5-7-12(8-6-11)16(2)3/h4-9,14H,15H2,1-3H3. The molecule has 0 amide bonds. The summed E-state index contributed by atoms with van der Waals surface area (Å²) in [5.41, 5.74) is 8.61. The fraction of sp³-hybridized carbons (Fsp3) is 0.286. The van der Waals surface area contributed by atoms with E-state index in [9.17, 15) is 0 Å². The smallest absolute Gasteiger partial charge is 0.0646 e. The van der Waals surface area contributed by atoms with Gasteiger partial charge < -0.3 is 10.6 Å². The Balaban J connectivity index is 2.22. The van der Waals surface area contributed by atoms with Crippen molar-refractivity contribution in [3.8, 4) is 0 Å². The van der Waals surface area contributed by atoms with Crippen LogP contribution in [0.2, 0.25) is 0 Å². The van der Waals surface area contributed by atoms with Crippen LogP contribution in [0.3, 0.4) is 0 Å². The van der Waals surface area contributed by atoms with E-state index in [0.29, 0.717) is 0 Å². The molecule has 2 aromatic rings. The topological polar surface area (TPSA) is 29.3 Å². The van der Waals surface area contributed by atoms with E-state index in [2.05, 4.69) is 48.2 Å². The van der Waals surface area contributed by atoms with Crippen molar-refractivity contribution in [1.82, 2.24) is 0 Å². The van der Waals surface area contributed by atoms with Gasteiger partial charge in [-0.1, -0.05) is 12.1 Å². The van der Waals surface area contributed by atoms with Gasteiger partial charge in [0, 0.05) is 29.5 Å². The van der Waals surface area contributed by atoms with E-state index in [1.54, 1.807) is 11.3 Å². The van der Waals surface area contributed by atoms with Crippen LogP contribution in [0.5, 0.6) is 0 Å². The molecule has 17 heavy (non-hydrogen) atoms. The second-order valence-electron chi connectivity index (χ2n) is 4.41. The van der Waals surface area contributed by atoms with Crippen LogP contribution >= 0.6 is 11.3 Å². The first-order valence-electron chi connectivity index (χ1n) is 5.67. The second kappa shape index (κ2) is 4.90. The molecular formula is C14H18N2S. The van der Waals surface area contributed by atoms with Gasteiger partial charge in [0.1, 0.15) is 0 Å². The maximum atomic E-state index is 6.25. The molecule has 1 aromatic heterocycles. The first-order chi connectivity index (χ1) is 8.08. The van der Waals surface area contributed by atoms with Gasteiger partial charge in [-0.2, -0.15) is 0 Å². The van der Waals surface area contributed by atoms with E-state index in [-0.39, 0.29) is 6.04 Å². The highest BCUT2D eigenvalue weighted by atomic mass is 32.1. The van der Waals surface area contributed by atoms with E-state index in [4.69, 9.17) is 5.73 Å². The van der Waals surface area contributed by atoms with Crippen LogP contribution in [-0.2, 0) is 0 Å². The largest absolute Gasteiger partial charge is 0.378 e. The molecule has 0 radical (unpaired) electrons. The van der Waals surface area contributed by atoms with Crippen LogP contribution in [0, 0.1) is 6.92 Å². The highest BCUT2D eigenvalue weighted by Gasteiger charge is 2.10. The molecule has 1 aromatic carbocycles. The van der Waals surface area contributed by atoms with Gasteiger partial charge in [-0.15, -0.1) is 11.3 Å². The molecule has 0 aliphatic rings. The lowest BCUT2D eigenvalue weighted by Crippen LogP contribution is -2.11. The minimum atomic E-state index is -0.00934. The number of aryl methyl sites for hydroxylation is 1. The Kier molecular flexibility index (Phi) is 3.50. The SMILES string of the molecule is Cc1ccc(C(N)c2ccc(N(C)C)cc2)s1. The summed E-state index contributed by atoms with van der Waals surface area (Å²) in [6.45, 7) is 2.11. The minimum absolute atomic E-state index is 0.00934. The van der Waals surface area contributed by atoms with E-state index in [1.165, 1.54) is 15.4 Å². The summed E-state index contributed by atoms with van der Waals surface area (Å²) in [6.07, 6.45) is 0. The average molecular weight is 246 g/mol. The van der Waals surface area contributed by atoms with Crippen LogP contribution in [0.1, 0.15) is 21.4 Å². The lowest BCUT2D eigenvalue weighted by molar-refractivity contribution is 0.893. The third-order valence-corrected chi connectivity index (χ3v) is 3.92. The second-order valence-corrected chi connectivity index (χ2v) is 5.73. The monoisotopic (exact) mass is 246 g/mol. The van der Waals surface area contributed by atoms with Crippen LogP contribution in [0.25, 0.3) is 0 Å². The number of rotatable bonds is 3. The number of benzene rings is 1. The number of thiophene rings is 1. The van der Waals surface area contributed by atoms with Gasteiger partial charge in [-0.25, -0.2) is 0 Å². The first-order valence-corrected chi connectivity index (χ1v) is 6.49. The van der Waals surface area contributed by atoms with Crippen molar-refractivity contribution in [2.24, 2.45) is 5.73 Å². The summed E-state index contributed by atoms with van der Waals surface area (Å²) >= 11 is 1.77. The van der Waals surface area contributed by atoms with Gasteiger partial charge in [0.15, 0.2) is 0 Å². The van der Waals surface area contributed by atoms with Crippen molar-refractivity contribution in [2.45, 2.75) is 13.0 Å². The van der Waals surface area contributed by atoms with Crippen molar-refractivity contribution in [3.05, 3.63) is 51.7 Å². The van der Waals surface area contributed by atoms with Crippen LogP contribution in [0.15, 0.2) is 36.4 Å². The lowest BCUT2D eigenvalue weighted by Gasteiger charge is -2.15. The predicted molar refractivity (Wildman–Crippen MR) is 75.9 cm³/mol. The molecule has 0 aliphatic carbocycles. The Labute approximate surface area is 107 Å². The number of hydrogen-bond donors (Lipinski definition) is 1. The molecule has 0 spiro atoms. The molecular weight excluding hydrogens is 228 g/mol. The average Bonchev–Trinajstić information content (AvgIpc) is 2.75. The molecule has 2 N–H and O–H groups in total. The zero-order valence-electron chi connectivity index (χ0n) is 10.5. The van der Waals surface area contributed by atoms with E-state index in [1.807, 2.05) is 14.1 Å². The Morgan fingerprint density at radius 3 is 2.18 bits per heavy atom. The van der Waals surface area contributed by atoms with Crippen LogP contribution in [-0.4, -0.2) is 14.1 Å². The summed E-state index contributed by atoms with van der Waals surface area (Å²) in [5.74, 6) is 0. The van der Waals surface area contributed by atoms with Crippen LogP contribution < -0.4 is 10.6 Å². The third-order valence-electron chi connectivity index (χ3n) is 2.84. The molecule has 1 atom stereocenters. The van der Waals surface area contributed by atoms with Gasteiger partial charge in [0.25, 0.3) is 0 Å². The molecule has 0 aliphatic heterocycles. The van der Waals surface area contributed by atoms with Gasteiger partial charge in [0.2, 0.25) is 0 Å². The fourth-order valence-corrected chi connectivity index (χ4v) is 2.67. The normalized spacial score (nSPS) is 12.5. The highest BCUT2D eigenvalue weighted by Crippen LogP contribution is 2.27. The zero-order valence-corrected chi connectivity index (χ0v) is 11.3. The van der Waals surface area contributed by atoms with Gasteiger partial charge >= 0.3 is 0 Å². The number of anilines is 1. The molecule has 2 rings (SSSR count). The zero-order chi connectivity index (χ0) is 12.4. The predicted octanol–water partition coefficient (Wildman–Crippen LogP) is 3.17. The number of hydrogen-bond acceptors (Lipinski definition) is 3. The molecule has 2 nitrogen and oxygen atoms in total. The van der Waals surface area contributed by atoms with E-state index in [0.717, 1.165) is 5.56 Å². The van der Waals surface area contributed by atoms with Crippen molar-refractivity contribution in [3.63, 3.8) is 0 Å². The molecule has 90 valence electrons. The molecule has 1 unspecified atom stereocenters. The number of nitrogens with zero attached hydrogens (tertiary/aromatic N) is 1. The molecule has 3 heteroatoms. The molecule has 0 saturated heterocycles. The Bertz CT molecular complexity index is 485. The molecule has 1 heterocycles.